The van der Waals surface area contributed by atoms with Crippen molar-refractivity contribution < 1.29 is 23.5 Å². The van der Waals surface area contributed by atoms with Gasteiger partial charge in [0, 0.05) is 11.8 Å². The normalized spacial score (nSPS) is 10.1. The highest BCUT2D eigenvalue weighted by Crippen LogP contribution is 2.12. The molecule has 2 aromatic rings. The Balaban J connectivity index is 1.93. The largest absolute Gasteiger partial charge is 0.476 e. The number of amides is 1. The summed E-state index contributed by atoms with van der Waals surface area (Å²) in [6, 6.07) is 7.46. The Morgan fingerprint density at radius 2 is 1.88 bits per heavy atom. The molecule has 1 aromatic heterocycles. The average Bonchev–Trinajstić information content (AvgIpc) is 2.55. The number of hydrogen-bond donors (Lipinski definition) is 1. The van der Waals surface area contributed by atoms with Gasteiger partial charge in [-0.05, 0) is 38.1 Å². The molecule has 0 aliphatic carbocycles. The van der Waals surface area contributed by atoms with Crippen molar-refractivity contribution in [1.29, 1.82) is 0 Å². The fraction of sp³-hybridized carbons (Fsp3) is 0.235. The van der Waals surface area contributed by atoms with Gasteiger partial charge < -0.3 is 19.2 Å². The van der Waals surface area contributed by atoms with E-state index >= 15 is 0 Å². The minimum Gasteiger partial charge on any atom is -0.476 e. The molecule has 0 atom stereocenters. The first-order valence-corrected chi connectivity index (χ1v) is 7.29. The van der Waals surface area contributed by atoms with Crippen LogP contribution in [0.15, 0.2) is 45.8 Å². The van der Waals surface area contributed by atoms with E-state index in [-0.39, 0.29) is 17.8 Å². The van der Waals surface area contributed by atoms with Gasteiger partial charge in [0.05, 0.1) is 18.4 Å². The van der Waals surface area contributed by atoms with Crippen LogP contribution < -0.4 is 15.5 Å². The number of carbonyl (C=O) groups is 2. The molecule has 0 saturated carbocycles. The molecular weight excluding hydrogens is 314 g/mol. The van der Waals surface area contributed by atoms with Gasteiger partial charge in [0.25, 0.3) is 5.91 Å². The summed E-state index contributed by atoms with van der Waals surface area (Å²) < 4.78 is 15.1. The van der Waals surface area contributed by atoms with Gasteiger partial charge in [0.1, 0.15) is 5.76 Å². The molecule has 0 bridgehead atoms. The summed E-state index contributed by atoms with van der Waals surface area (Å²) in [5, 5.41) is 2.60. The second-order valence-corrected chi connectivity index (χ2v) is 4.80. The molecule has 0 saturated heterocycles. The van der Waals surface area contributed by atoms with Crippen LogP contribution >= 0.6 is 0 Å². The molecule has 7 nitrogen and oxygen atoms in total. The molecular formula is C17H17NO6. The zero-order valence-corrected chi connectivity index (χ0v) is 13.3. The predicted octanol–water partition coefficient (Wildman–Crippen LogP) is 2.14. The molecule has 1 aromatic carbocycles. The third-order valence-electron chi connectivity index (χ3n) is 3.04. The van der Waals surface area contributed by atoms with Crippen molar-refractivity contribution in [2.24, 2.45) is 0 Å². The number of esters is 1. The second kappa shape index (κ2) is 7.96. The van der Waals surface area contributed by atoms with Crippen LogP contribution in [0, 0.1) is 6.92 Å². The maximum atomic E-state index is 11.9. The van der Waals surface area contributed by atoms with Crippen molar-refractivity contribution in [2.75, 3.05) is 18.5 Å². The van der Waals surface area contributed by atoms with Crippen molar-refractivity contribution in [3.8, 4) is 5.75 Å². The van der Waals surface area contributed by atoms with E-state index in [0.717, 1.165) is 0 Å². The third-order valence-corrected chi connectivity index (χ3v) is 3.04. The van der Waals surface area contributed by atoms with E-state index in [4.69, 9.17) is 13.9 Å². The summed E-state index contributed by atoms with van der Waals surface area (Å²) in [7, 11) is 0. The molecule has 0 spiro atoms. The summed E-state index contributed by atoms with van der Waals surface area (Å²) in [4.78, 5) is 35.0. The molecule has 1 N–H and O–H groups in total. The number of hydrogen-bond acceptors (Lipinski definition) is 6. The standard InChI is InChI=1S/C17H17NO6/c1-3-22-17(21)12-4-6-13(7-5-12)18-15(20)10-24-16-11(2)23-9-8-14(16)19/h4-9H,3,10H2,1-2H3,(H,18,20). The lowest BCUT2D eigenvalue weighted by molar-refractivity contribution is -0.118. The molecule has 24 heavy (non-hydrogen) atoms. The van der Waals surface area contributed by atoms with Gasteiger partial charge in [0.2, 0.25) is 11.2 Å². The van der Waals surface area contributed by atoms with Crippen molar-refractivity contribution >= 4 is 17.6 Å². The number of carbonyl (C=O) groups excluding carboxylic acids is 2. The summed E-state index contributed by atoms with van der Waals surface area (Å²) in [5.41, 5.74) is 0.530. The molecule has 1 amide bonds. The van der Waals surface area contributed by atoms with Crippen molar-refractivity contribution in [2.45, 2.75) is 13.8 Å². The molecule has 2 rings (SSSR count). The van der Waals surface area contributed by atoms with E-state index in [1.165, 1.54) is 12.3 Å². The lowest BCUT2D eigenvalue weighted by Gasteiger charge is -2.08. The van der Waals surface area contributed by atoms with E-state index in [2.05, 4.69) is 5.32 Å². The molecule has 0 radical (unpaired) electrons. The van der Waals surface area contributed by atoms with E-state index in [0.29, 0.717) is 23.6 Å². The minimum absolute atomic E-state index is 0.00492. The zero-order valence-electron chi connectivity index (χ0n) is 13.3. The van der Waals surface area contributed by atoms with Gasteiger partial charge >= 0.3 is 5.97 Å². The number of nitrogens with one attached hydrogen (secondary N) is 1. The van der Waals surface area contributed by atoms with Gasteiger partial charge in [-0.3, -0.25) is 9.59 Å². The van der Waals surface area contributed by atoms with Crippen LogP contribution in [-0.4, -0.2) is 25.1 Å². The SMILES string of the molecule is CCOC(=O)c1ccc(NC(=O)COc2c(C)occc2=O)cc1. The second-order valence-electron chi connectivity index (χ2n) is 4.80. The lowest BCUT2D eigenvalue weighted by atomic mass is 10.2. The highest BCUT2D eigenvalue weighted by Gasteiger charge is 2.11. The first-order valence-electron chi connectivity index (χ1n) is 7.29. The molecule has 0 aliphatic rings. The zero-order chi connectivity index (χ0) is 17.5. The van der Waals surface area contributed by atoms with Gasteiger partial charge in [-0.25, -0.2) is 4.79 Å². The van der Waals surface area contributed by atoms with E-state index in [9.17, 15) is 14.4 Å². The maximum absolute atomic E-state index is 11.9. The van der Waals surface area contributed by atoms with Crippen molar-refractivity contribution in [3.63, 3.8) is 0 Å². The Morgan fingerprint density at radius 1 is 1.17 bits per heavy atom. The monoisotopic (exact) mass is 331 g/mol. The van der Waals surface area contributed by atoms with Crippen LogP contribution in [0.5, 0.6) is 5.75 Å². The van der Waals surface area contributed by atoms with Crippen LogP contribution in [0.1, 0.15) is 23.0 Å². The number of rotatable bonds is 6. The van der Waals surface area contributed by atoms with Crippen LogP contribution in [0.4, 0.5) is 5.69 Å². The van der Waals surface area contributed by atoms with Crippen LogP contribution in [-0.2, 0) is 9.53 Å². The fourth-order valence-electron chi connectivity index (χ4n) is 1.91. The molecule has 0 fully saturated rings. The summed E-state index contributed by atoms with van der Waals surface area (Å²) >= 11 is 0. The summed E-state index contributed by atoms with van der Waals surface area (Å²) in [6.45, 7) is 3.25. The molecule has 0 unspecified atom stereocenters. The Labute approximate surface area is 138 Å². The van der Waals surface area contributed by atoms with E-state index in [1.807, 2.05) is 0 Å². The first-order chi connectivity index (χ1) is 11.5. The van der Waals surface area contributed by atoms with Gasteiger partial charge in [-0.15, -0.1) is 0 Å². The number of benzene rings is 1. The lowest BCUT2D eigenvalue weighted by Crippen LogP contribution is -2.22. The Hall–Kier alpha value is -3.09. The molecule has 126 valence electrons. The molecule has 1 heterocycles. The number of ether oxygens (including phenoxy) is 2. The van der Waals surface area contributed by atoms with Crippen molar-refractivity contribution in [1.82, 2.24) is 0 Å². The van der Waals surface area contributed by atoms with Crippen LogP contribution in [0.2, 0.25) is 0 Å². The van der Waals surface area contributed by atoms with Crippen molar-refractivity contribution in [3.05, 3.63) is 58.1 Å². The first kappa shape index (κ1) is 17.3. The smallest absolute Gasteiger partial charge is 0.338 e. The van der Waals surface area contributed by atoms with Gasteiger partial charge in [-0.1, -0.05) is 0 Å². The fourth-order valence-corrected chi connectivity index (χ4v) is 1.91. The minimum atomic E-state index is -0.443. The van der Waals surface area contributed by atoms with E-state index in [1.54, 1.807) is 38.1 Å². The average molecular weight is 331 g/mol. The van der Waals surface area contributed by atoms with Crippen LogP contribution in [0.3, 0.4) is 0 Å². The third kappa shape index (κ3) is 4.45. The van der Waals surface area contributed by atoms with Gasteiger partial charge in [-0.2, -0.15) is 0 Å². The summed E-state index contributed by atoms with van der Waals surface area (Å²) in [5.74, 6) is -0.564. The molecule has 7 heteroatoms. The number of anilines is 1. The Morgan fingerprint density at radius 3 is 2.50 bits per heavy atom. The Bertz CT molecular complexity index is 778. The van der Waals surface area contributed by atoms with E-state index < -0.39 is 11.9 Å². The highest BCUT2D eigenvalue weighted by atomic mass is 16.5. The quantitative estimate of drug-likeness (QED) is 0.815. The van der Waals surface area contributed by atoms with Crippen LogP contribution in [0.25, 0.3) is 0 Å². The topological polar surface area (TPSA) is 94.8 Å². The predicted molar refractivity (Wildman–Crippen MR) is 86.2 cm³/mol. The number of aryl methyl sites for hydroxylation is 1. The maximum Gasteiger partial charge on any atom is 0.338 e. The molecule has 0 aliphatic heterocycles. The Kier molecular flexibility index (Phi) is 5.73. The van der Waals surface area contributed by atoms with Gasteiger partial charge in [0.15, 0.2) is 6.61 Å². The summed E-state index contributed by atoms with van der Waals surface area (Å²) in [6.07, 6.45) is 1.26. The highest BCUT2D eigenvalue weighted by molar-refractivity contribution is 5.93.